The van der Waals surface area contributed by atoms with Crippen LogP contribution >= 0.6 is 0 Å². The van der Waals surface area contributed by atoms with Gasteiger partial charge in [0.05, 0.1) is 12.7 Å². The van der Waals surface area contributed by atoms with E-state index in [0.29, 0.717) is 6.42 Å². The Morgan fingerprint density at radius 1 is 1.23 bits per heavy atom. The van der Waals surface area contributed by atoms with Crippen LogP contribution in [-0.4, -0.2) is 25.0 Å². The number of carbonyl (C=O) groups is 2. The lowest BCUT2D eigenvalue weighted by molar-refractivity contribution is -0.143. The van der Waals surface area contributed by atoms with Gasteiger partial charge in [0.15, 0.2) is 11.6 Å². The topological polar surface area (TPSA) is 55.4 Å². The van der Waals surface area contributed by atoms with Crippen LogP contribution in [0.3, 0.4) is 0 Å². The first-order chi connectivity index (χ1) is 10.5. The number of hydrogen-bond acceptors (Lipinski definition) is 3. The Morgan fingerprint density at radius 2 is 1.95 bits per heavy atom. The molecular weight excluding hydrogens is 292 g/mol. The van der Waals surface area contributed by atoms with Crippen molar-refractivity contribution < 1.29 is 23.1 Å². The van der Waals surface area contributed by atoms with Crippen molar-refractivity contribution in [3.05, 3.63) is 35.4 Å². The van der Waals surface area contributed by atoms with Crippen LogP contribution in [0.4, 0.5) is 8.78 Å². The second-order valence-corrected chi connectivity index (χ2v) is 5.00. The Labute approximate surface area is 128 Å². The number of methoxy groups -OCH3 is 1. The minimum Gasteiger partial charge on any atom is -0.467 e. The molecule has 0 aromatic heterocycles. The zero-order valence-electron chi connectivity index (χ0n) is 12.8. The highest BCUT2D eigenvalue weighted by Gasteiger charge is 2.23. The van der Waals surface area contributed by atoms with Crippen LogP contribution in [0.5, 0.6) is 0 Å². The molecule has 6 heteroatoms. The Bertz CT molecular complexity index is 520. The van der Waals surface area contributed by atoms with Gasteiger partial charge in [0.2, 0.25) is 0 Å². The quantitative estimate of drug-likeness (QED) is 0.592. The molecule has 0 spiro atoms. The first-order valence-electron chi connectivity index (χ1n) is 7.34. The maximum Gasteiger partial charge on any atom is 0.328 e. The zero-order chi connectivity index (χ0) is 16.5. The molecule has 122 valence electrons. The molecule has 0 aliphatic carbocycles. The highest BCUT2D eigenvalue weighted by molar-refractivity contribution is 5.97. The summed E-state index contributed by atoms with van der Waals surface area (Å²) in [7, 11) is 1.22. The van der Waals surface area contributed by atoms with Gasteiger partial charge in [-0.25, -0.2) is 13.6 Å². The number of unbranched alkanes of at least 4 members (excludes halogenated alkanes) is 3. The van der Waals surface area contributed by atoms with Gasteiger partial charge in [-0.1, -0.05) is 38.7 Å². The van der Waals surface area contributed by atoms with E-state index in [1.54, 1.807) is 0 Å². The molecule has 0 radical (unpaired) electrons. The van der Waals surface area contributed by atoms with E-state index in [0.717, 1.165) is 31.7 Å². The predicted octanol–water partition coefficient (Wildman–Crippen LogP) is 3.21. The molecule has 0 fully saturated rings. The molecule has 0 aliphatic rings. The van der Waals surface area contributed by atoms with Gasteiger partial charge in [0.25, 0.3) is 5.91 Å². The molecule has 1 rings (SSSR count). The van der Waals surface area contributed by atoms with Crippen molar-refractivity contribution in [1.29, 1.82) is 0 Å². The Balaban J connectivity index is 2.73. The fourth-order valence-electron chi connectivity index (χ4n) is 2.08. The summed E-state index contributed by atoms with van der Waals surface area (Å²) in [6.45, 7) is 2.06. The molecule has 0 heterocycles. The van der Waals surface area contributed by atoms with Crippen LogP contribution < -0.4 is 5.32 Å². The third kappa shape index (κ3) is 5.09. The monoisotopic (exact) mass is 313 g/mol. The number of halogens is 2. The summed E-state index contributed by atoms with van der Waals surface area (Å²) < 4.78 is 31.4. The second kappa shape index (κ2) is 9.12. The number of rotatable bonds is 8. The predicted molar refractivity (Wildman–Crippen MR) is 78.4 cm³/mol. The Kier molecular flexibility index (Phi) is 7.49. The fourth-order valence-corrected chi connectivity index (χ4v) is 2.08. The minimum atomic E-state index is -1.23. The van der Waals surface area contributed by atoms with Crippen molar-refractivity contribution in [2.75, 3.05) is 7.11 Å². The van der Waals surface area contributed by atoms with Gasteiger partial charge >= 0.3 is 5.97 Å². The maximum absolute atomic E-state index is 13.6. The van der Waals surface area contributed by atoms with Gasteiger partial charge in [0, 0.05) is 0 Å². The van der Waals surface area contributed by atoms with Crippen molar-refractivity contribution >= 4 is 11.9 Å². The molecule has 0 unspecified atom stereocenters. The van der Waals surface area contributed by atoms with E-state index in [1.165, 1.54) is 19.2 Å². The van der Waals surface area contributed by atoms with E-state index in [9.17, 15) is 18.4 Å². The van der Waals surface area contributed by atoms with Gasteiger partial charge in [-0.2, -0.15) is 0 Å². The molecule has 1 N–H and O–H groups in total. The van der Waals surface area contributed by atoms with E-state index < -0.39 is 35.1 Å². The van der Waals surface area contributed by atoms with Crippen LogP contribution in [0, 0.1) is 11.6 Å². The molecule has 22 heavy (non-hydrogen) atoms. The number of amides is 1. The highest BCUT2D eigenvalue weighted by atomic mass is 19.2. The van der Waals surface area contributed by atoms with E-state index >= 15 is 0 Å². The van der Waals surface area contributed by atoms with E-state index in [2.05, 4.69) is 17.0 Å². The third-order valence-electron chi connectivity index (χ3n) is 3.33. The summed E-state index contributed by atoms with van der Waals surface area (Å²) in [4.78, 5) is 23.7. The maximum atomic E-state index is 13.6. The summed E-state index contributed by atoms with van der Waals surface area (Å²) >= 11 is 0. The van der Waals surface area contributed by atoms with Crippen molar-refractivity contribution in [2.45, 2.75) is 45.1 Å². The molecule has 1 atom stereocenters. The van der Waals surface area contributed by atoms with Gasteiger partial charge in [0.1, 0.15) is 6.04 Å². The number of esters is 1. The number of ether oxygens (including phenoxy) is 1. The SMILES string of the molecule is CCCCCC[C@@H](NC(=O)c1cccc(F)c1F)C(=O)OC. The number of carbonyl (C=O) groups excluding carboxylic acids is 2. The Morgan fingerprint density at radius 3 is 2.59 bits per heavy atom. The lowest BCUT2D eigenvalue weighted by Gasteiger charge is -2.16. The van der Waals surface area contributed by atoms with E-state index in [1.807, 2.05) is 0 Å². The molecule has 1 aromatic rings. The average Bonchev–Trinajstić information content (AvgIpc) is 2.52. The molecule has 0 saturated heterocycles. The molecule has 0 bridgehead atoms. The van der Waals surface area contributed by atoms with Crippen molar-refractivity contribution in [1.82, 2.24) is 5.32 Å². The van der Waals surface area contributed by atoms with Gasteiger partial charge in [-0.05, 0) is 18.6 Å². The minimum absolute atomic E-state index is 0.398. The first kappa shape index (κ1) is 18.1. The van der Waals surface area contributed by atoms with E-state index in [-0.39, 0.29) is 0 Å². The van der Waals surface area contributed by atoms with E-state index in [4.69, 9.17) is 0 Å². The smallest absolute Gasteiger partial charge is 0.328 e. The summed E-state index contributed by atoms with van der Waals surface area (Å²) in [6, 6.07) is 2.47. The normalized spacial score (nSPS) is 11.8. The van der Waals surface area contributed by atoms with Crippen LogP contribution in [-0.2, 0) is 9.53 Å². The Hall–Kier alpha value is -1.98. The highest BCUT2D eigenvalue weighted by Crippen LogP contribution is 2.13. The third-order valence-corrected chi connectivity index (χ3v) is 3.33. The van der Waals surface area contributed by atoms with Crippen LogP contribution in [0.2, 0.25) is 0 Å². The van der Waals surface area contributed by atoms with Crippen molar-refractivity contribution in [3.8, 4) is 0 Å². The summed E-state index contributed by atoms with van der Waals surface area (Å²) in [5.74, 6) is -3.76. The number of hydrogen-bond donors (Lipinski definition) is 1. The number of nitrogens with one attached hydrogen (secondary N) is 1. The van der Waals surface area contributed by atoms with Crippen LogP contribution in [0.15, 0.2) is 18.2 Å². The zero-order valence-corrected chi connectivity index (χ0v) is 12.8. The van der Waals surface area contributed by atoms with Gasteiger partial charge in [-0.3, -0.25) is 4.79 Å². The van der Waals surface area contributed by atoms with Gasteiger partial charge < -0.3 is 10.1 Å². The lowest BCUT2D eigenvalue weighted by atomic mass is 10.1. The van der Waals surface area contributed by atoms with Crippen LogP contribution in [0.25, 0.3) is 0 Å². The van der Waals surface area contributed by atoms with Crippen molar-refractivity contribution in [2.24, 2.45) is 0 Å². The summed E-state index contributed by atoms with van der Waals surface area (Å²) in [5.41, 5.74) is -0.428. The second-order valence-electron chi connectivity index (χ2n) is 5.00. The summed E-state index contributed by atoms with van der Waals surface area (Å²) in [6.07, 6.45) is 4.13. The molecule has 0 aliphatic heterocycles. The molecule has 1 aromatic carbocycles. The molecule has 1 amide bonds. The fraction of sp³-hybridized carbons (Fsp3) is 0.500. The first-order valence-corrected chi connectivity index (χ1v) is 7.34. The number of benzene rings is 1. The largest absolute Gasteiger partial charge is 0.467 e. The molecule has 0 saturated carbocycles. The average molecular weight is 313 g/mol. The standard InChI is InChI=1S/C16H21F2NO3/c1-3-4-5-6-10-13(16(21)22-2)19-15(20)11-8-7-9-12(17)14(11)18/h7-9,13H,3-6,10H2,1-2H3,(H,19,20)/t13-/m1/s1. The molecular formula is C16H21F2NO3. The lowest BCUT2D eigenvalue weighted by Crippen LogP contribution is -2.41. The van der Waals surface area contributed by atoms with Crippen molar-refractivity contribution in [3.63, 3.8) is 0 Å². The molecule has 4 nitrogen and oxygen atoms in total. The van der Waals surface area contributed by atoms with Gasteiger partial charge in [-0.15, -0.1) is 0 Å². The summed E-state index contributed by atoms with van der Waals surface area (Å²) in [5, 5.41) is 2.41. The van der Waals surface area contributed by atoms with Crippen LogP contribution in [0.1, 0.15) is 49.4 Å².